The van der Waals surface area contributed by atoms with Crippen LogP contribution in [0, 0.1) is 17.6 Å². The number of likely N-dealkylation sites (tertiary alicyclic amines) is 1. The monoisotopic (exact) mass is 480 g/mol. The van der Waals surface area contributed by atoms with Gasteiger partial charge >= 0.3 is 0 Å². The van der Waals surface area contributed by atoms with E-state index in [1.807, 2.05) is 47.9 Å². The summed E-state index contributed by atoms with van der Waals surface area (Å²) in [5.74, 6) is 1.62. The molecule has 178 valence electrons. The smallest absolute Gasteiger partial charge is 0.230 e. The van der Waals surface area contributed by atoms with Gasteiger partial charge in [-0.15, -0.1) is 0 Å². The van der Waals surface area contributed by atoms with E-state index in [2.05, 4.69) is 20.5 Å². The van der Waals surface area contributed by atoms with Gasteiger partial charge in [0.2, 0.25) is 11.8 Å². The quantitative estimate of drug-likeness (QED) is 0.501. The van der Waals surface area contributed by atoms with E-state index in [1.54, 1.807) is 18.2 Å². The van der Waals surface area contributed by atoms with Gasteiger partial charge in [0.25, 0.3) is 0 Å². The molecule has 10 heteroatoms. The Kier molecular flexibility index (Phi) is 7.36. The molecular weight excluding hydrogens is 452 g/mol. The molecule has 0 radical (unpaired) electrons. The summed E-state index contributed by atoms with van der Waals surface area (Å²) in [6.45, 7) is 3.35. The standard InChI is InChI=1S/C24H28N6O3S/c1-16-5-3-12-25-21(16)26-23(32)18-6-4-13-29(15-18)20(31)11-14-30-22(27-28-24(30)34)17-7-9-19(33-2)10-8-17/h3,5,7-10,12,18H,4,6,11,13-15H2,1-2H3,(H,28,34)(H,25,26,32). The van der Waals surface area contributed by atoms with Crippen molar-refractivity contribution < 1.29 is 14.3 Å². The van der Waals surface area contributed by atoms with Crippen LogP contribution in [-0.2, 0) is 16.1 Å². The van der Waals surface area contributed by atoms with E-state index < -0.39 is 0 Å². The number of hydrogen-bond acceptors (Lipinski definition) is 6. The highest BCUT2D eigenvalue weighted by Crippen LogP contribution is 2.23. The topological polar surface area (TPSA) is 105 Å². The van der Waals surface area contributed by atoms with Crippen molar-refractivity contribution in [2.45, 2.75) is 32.7 Å². The predicted molar refractivity (Wildman–Crippen MR) is 131 cm³/mol. The first-order valence-corrected chi connectivity index (χ1v) is 11.7. The number of aromatic amines is 1. The molecule has 1 unspecified atom stereocenters. The Morgan fingerprint density at radius 2 is 2.06 bits per heavy atom. The van der Waals surface area contributed by atoms with Gasteiger partial charge in [0, 0.05) is 37.8 Å². The number of nitrogens with one attached hydrogen (secondary N) is 2. The van der Waals surface area contributed by atoms with E-state index in [1.165, 1.54) is 0 Å². The molecule has 1 saturated heterocycles. The second-order valence-corrected chi connectivity index (χ2v) is 8.71. The fourth-order valence-corrected chi connectivity index (χ4v) is 4.33. The molecule has 34 heavy (non-hydrogen) atoms. The van der Waals surface area contributed by atoms with Gasteiger partial charge in [-0.3, -0.25) is 19.3 Å². The number of piperidine rings is 1. The molecule has 1 atom stereocenters. The van der Waals surface area contributed by atoms with Crippen LogP contribution < -0.4 is 10.1 Å². The number of rotatable bonds is 7. The highest BCUT2D eigenvalue weighted by molar-refractivity contribution is 7.71. The highest BCUT2D eigenvalue weighted by atomic mass is 32.1. The first-order valence-electron chi connectivity index (χ1n) is 11.3. The summed E-state index contributed by atoms with van der Waals surface area (Å²) in [5, 5.41) is 10.1. The van der Waals surface area contributed by atoms with Gasteiger partial charge in [0.1, 0.15) is 11.6 Å². The van der Waals surface area contributed by atoms with Gasteiger partial charge in [0.15, 0.2) is 10.6 Å². The molecule has 2 N–H and O–H groups in total. The van der Waals surface area contributed by atoms with E-state index in [-0.39, 0.29) is 24.2 Å². The Hall–Kier alpha value is -3.53. The Labute approximate surface area is 203 Å². The molecule has 3 aromatic rings. The van der Waals surface area contributed by atoms with Gasteiger partial charge < -0.3 is 15.0 Å². The molecule has 1 aliphatic rings. The largest absolute Gasteiger partial charge is 0.497 e. The molecule has 0 aliphatic carbocycles. The van der Waals surface area contributed by atoms with E-state index in [0.29, 0.717) is 36.0 Å². The van der Waals surface area contributed by atoms with E-state index in [0.717, 1.165) is 29.7 Å². The number of hydrogen-bond donors (Lipinski definition) is 2. The number of aryl methyl sites for hydroxylation is 1. The number of pyridine rings is 1. The van der Waals surface area contributed by atoms with Crippen LogP contribution in [0.15, 0.2) is 42.6 Å². The Balaban J connectivity index is 1.38. The van der Waals surface area contributed by atoms with Crippen molar-refractivity contribution in [3.63, 3.8) is 0 Å². The van der Waals surface area contributed by atoms with Crippen molar-refractivity contribution in [3.8, 4) is 17.1 Å². The first kappa shape index (κ1) is 23.6. The third kappa shape index (κ3) is 5.33. The Bertz CT molecular complexity index is 1220. The molecule has 1 aliphatic heterocycles. The lowest BCUT2D eigenvalue weighted by atomic mass is 9.96. The normalized spacial score (nSPS) is 15.7. The van der Waals surface area contributed by atoms with Gasteiger partial charge in [0.05, 0.1) is 13.0 Å². The van der Waals surface area contributed by atoms with E-state index >= 15 is 0 Å². The summed E-state index contributed by atoms with van der Waals surface area (Å²) >= 11 is 5.39. The fraction of sp³-hybridized carbons (Fsp3) is 0.375. The highest BCUT2D eigenvalue weighted by Gasteiger charge is 2.29. The lowest BCUT2D eigenvalue weighted by Crippen LogP contribution is -2.44. The number of carbonyl (C=O) groups is 2. The predicted octanol–water partition coefficient (Wildman–Crippen LogP) is 3.59. The van der Waals surface area contributed by atoms with E-state index in [9.17, 15) is 9.59 Å². The van der Waals surface area contributed by atoms with Gasteiger partial charge in [-0.25, -0.2) is 4.98 Å². The summed E-state index contributed by atoms with van der Waals surface area (Å²) in [6.07, 6.45) is 3.45. The lowest BCUT2D eigenvalue weighted by molar-refractivity contribution is -0.134. The number of benzene rings is 1. The van der Waals surface area contributed by atoms with Crippen molar-refractivity contribution in [1.82, 2.24) is 24.6 Å². The van der Waals surface area contributed by atoms with Crippen molar-refractivity contribution in [1.29, 1.82) is 0 Å². The molecule has 0 bridgehead atoms. The number of amides is 2. The number of nitrogens with zero attached hydrogens (tertiary/aromatic N) is 4. The Morgan fingerprint density at radius 1 is 1.26 bits per heavy atom. The number of anilines is 1. The summed E-state index contributed by atoms with van der Waals surface area (Å²) in [7, 11) is 1.62. The van der Waals surface area contributed by atoms with Crippen molar-refractivity contribution in [3.05, 3.63) is 52.9 Å². The second-order valence-electron chi connectivity index (χ2n) is 8.32. The minimum atomic E-state index is -0.259. The summed E-state index contributed by atoms with van der Waals surface area (Å²) in [4.78, 5) is 31.8. The average molecular weight is 481 g/mol. The van der Waals surface area contributed by atoms with Crippen LogP contribution in [-0.4, -0.2) is 56.7 Å². The second kappa shape index (κ2) is 10.6. The molecule has 4 rings (SSSR count). The number of methoxy groups -OCH3 is 1. The van der Waals surface area contributed by atoms with Crippen molar-refractivity contribution in [2.24, 2.45) is 5.92 Å². The zero-order chi connectivity index (χ0) is 24.1. The maximum atomic E-state index is 13.0. The third-order valence-corrected chi connectivity index (χ3v) is 6.36. The summed E-state index contributed by atoms with van der Waals surface area (Å²) in [6, 6.07) is 11.2. The molecule has 0 spiro atoms. The van der Waals surface area contributed by atoms with Gasteiger partial charge in [-0.05, 0) is 67.9 Å². The molecule has 9 nitrogen and oxygen atoms in total. The molecule has 1 fully saturated rings. The lowest BCUT2D eigenvalue weighted by Gasteiger charge is -2.32. The van der Waals surface area contributed by atoms with Crippen LogP contribution in [0.3, 0.4) is 0 Å². The maximum absolute atomic E-state index is 13.0. The molecule has 3 heterocycles. The third-order valence-electron chi connectivity index (χ3n) is 6.05. The van der Waals surface area contributed by atoms with Crippen molar-refractivity contribution in [2.75, 3.05) is 25.5 Å². The van der Waals surface area contributed by atoms with Crippen LogP contribution in [0.2, 0.25) is 0 Å². The zero-order valence-electron chi connectivity index (χ0n) is 19.3. The summed E-state index contributed by atoms with van der Waals surface area (Å²) < 4.78 is 7.50. The molecule has 2 aromatic heterocycles. The van der Waals surface area contributed by atoms with Crippen LogP contribution in [0.25, 0.3) is 11.4 Å². The average Bonchev–Trinajstić information content (AvgIpc) is 3.24. The number of carbonyl (C=O) groups excluding carboxylic acids is 2. The SMILES string of the molecule is COc1ccc(-c2n[nH]c(=S)n2CCC(=O)N2CCCC(C(=O)Nc3ncccc3C)C2)cc1. The molecule has 1 aromatic carbocycles. The Morgan fingerprint density at radius 3 is 2.79 bits per heavy atom. The number of H-pyrrole nitrogens is 1. The number of aromatic nitrogens is 4. The van der Waals surface area contributed by atoms with Crippen molar-refractivity contribution >= 4 is 29.9 Å². The van der Waals surface area contributed by atoms with E-state index in [4.69, 9.17) is 17.0 Å². The minimum absolute atomic E-state index is 0.00435. The minimum Gasteiger partial charge on any atom is -0.497 e. The first-order chi connectivity index (χ1) is 16.5. The van der Waals surface area contributed by atoms with Gasteiger partial charge in [-0.1, -0.05) is 6.07 Å². The maximum Gasteiger partial charge on any atom is 0.230 e. The molecular formula is C24H28N6O3S. The molecule has 2 amide bonds. The zero-order valence-corrected chi connectivity index (χ0v) is 20.1. The van der Waals surface area contributed by atoms with Crippen LogP contribution in [0.1, 0.15) is 24.8 Å². The molecule has 0 saturated carbocycles. The van der Waals surface area contributed by atoms with Crippen LogP contribution >= 0.6 is 12.2 Å². The fourth-order valence-electron chi connectivity index (χ4n) is 4.10. The summed E-state index contributed by atoms with van der Waals surface area (Å²) in [5.41, 5.74) is 1.78. The van der Waals surface area contributed by atoms with Crippen LogP contribution in [0.4, 0.5) is 5.82 Å². The van der Waals surface area contributed by atoms with Crippen LogP contribution in [0.5, 0.6) is 5.75 Å². The number of ether oxygens (including phenoxy) is 1. The van der Waals surface area contributed by atoms with Gasteiger partial charge in [-0.2, -0.15) is 5.10 Å².